The van der Waals surface area contributed by atoms with E-state index in [9.17, 15) is 0 Å². The first-order valence-corrected chi connectivity index (χ1v) is 10.5. The molecule has 1 aromatic carbocycles. The van der Waals surface area contributed by atoms with Crippen LogP contribution in [0, 0.1) is 0 Å². The second kappa shape index (κ2) is 16.2. The van der Waals surface area contributed by atoms with Gasteiger partial charge in [0.25, 0.3) is 0 Å². The van der Waals surface area contributed by atoms with Crippen LogP contribution in [0.1, 0.15) is 64.5 Å². The van der Waals surface area contributed by atoms with E-state index in [1.54, 1.807) is 6.26 Å². The molecule has 0 radical (unpaired) electrons. The Morgan fingerprint density at radius 1 is 0.714 bits per heavy atom. The van der Waals surface area contributed by atoms with Gasteiger partial charge in [-0.25, -0.2) is 0 Å². The molecule has 0 amide bonds. The molecule has 0 aromatic heterocycles. The van der Waals surface area contributed by atoms with E-state index in [1.807, 2.05) is 6.26 Å². The van der Waals surface area contributed by atoms with Gasteiger partial charge in [0, 0.05) is 6.61 Å². The average Bonchev–Trinajstić information content (AvgIpc) is 2.72. The zero-order valence-corrected chi connectivity index (χ0v) is 18.2. The Balaban J connectivity index is 2.34. The molecule has 0 N–H and O–H groups in total. The first kappa shape index (κ1) is 24.3. The van der Waals surface area contributed by atoms with E-state index in [4.69, 9.17) is 18.9 Å². The molecule has 0 atom stereocenters. The lowest BCUT2D eigenvalue weighted by molar-refractivity contribution is 0.0300. The standard InChI is InChI=1S/C24H38O4/c1-5-7-12-25-14-15-26-16-17-28-20-22(4)24-11-9-10-23(18-24)21(3)19-27-13-8-6-2/h9-11,18-20H,5-8,12-17H2,1-4H3. The molecule has 0 unspecified atom stereocenters. The Kier molecular flexibility index (Phi) is 14.0. The highest BCUT2D eigenvalue weighted by molar-refractivity contribution is 5.70. The van der Waals surface area contributed by atoms with Crippen LogP contribution in [-0.4, -0.2) is 39.6 Å². The van der Waals surface area contributed by atoms with Crippen molar-refractivity contribution in [3.63, 3.8) is 0 Å². The van der Waals surface area contributed by atoms with Crippen LogP contribution in [0.15, 0.2) is 36.8 Å². The van der Waals surface area contributed by atoms with Gasteiger partial charge in [0.05, 0.1) is 39.0 Å². The van der Waals surface area contributed by atoms with E-state index >= 15 is 0 Å². The molecule has 0 aliphatic heterocycles. The van der Waals surface area contributed by atoms with Crippen LogP contribution in [0.4, 0.5) is 0 Å². The third-order valence-electron chi connectivity index (χ3n) is 4.27. The van der Waals surface area contributed by atoms with Gasteiger partial charge >= 0.3 is 0 Å². The fourth-order valence-corrected chi connectivity index (χ4v) is 2.42. The van der Waals surface area contributed by atoms with Gasteiger partial charge in [0.2, 0.25) is 0 Å². The molecule has 0 spiro atoms. The summed E-state index contributed by atoms with van der Waals surface area (Å²) in [5.41, 5.74) is 4.52. The van der Waals surface area contributed by atoms with Crippen LogP contribution in [0.2, 0.25) is 0 Å². The molecular weight excluding hydrogens is 352 g/mol. The smallest absolute Gasteiger partial charge is 0.111 e. The molecule has 0 bridgehead atoms. The Hall–Kier alpha value is -1.78. The van der Waals surface area contributed by atoms with Crippen molar-refractivity contribution >= 4 is 11.1 Å². The topological polar surface area (TPSA) is 36.9 Å². The Morgan fingerprint density at radius 3 is 1.82 bits per heavy atom. The van der Waals surface area contributed by atoms with Crippen LogP contribution in [-0.2, 0) is 18.9 Å². The minimum absolute atomic E-state index is 0.538. The summed E-state index contributed by atoms with van der Waals surface area (Å²) in [7, 11) is 0. The van der Waals surface area contributed by atoms with Gasteiger partial charge in [-0.2, -0.15) is 0 Å². The summed E-state index contributed by atoms with van der Waals surface area (Å²) < 4.78 is 22.2. The highest BCUT2D eigenvalue weighted by atomic mass is 16.5. The first-order chi connectivity index (χ1) is 13.7. The molecule has 4 heteroatoms. The lowest BCUT2D eigenvalue weighted by Gasteiger charge is -2.08. The van der Waals surface area contributed by atoms with Gasteiger partial charge in [-0.3, -0.25) is 0 Å². The zero-order valence-electron chi connectivity index (χ0n) is 18.2. The Labute approximate surface area is 171 Å². The van der Waals surface area contributed by atoms with Gasteiger partial charge in [0.1, 0.15) is 6.61 Å². The summed E-state index contributed by atoms with van der Waals surface area (Å²) in [4.78, 5) is 0. The van der Waals surface area contributed by atoms with Gasteiger partial charge < -0.3 is 18.9 Å². The average molecular weight is 391 g/mol. The number of allylic oxidation sites excluding steroid dienone is 2. The summed E-state index contributed by atoms with van der Waals surface area (Å²) in [6.07, 6.45) is 8.15. The van der Waals surface area contributed by atoms with E-state index in [1.165, 1.54) is 0 Å². The summed E-state index contributed by atoms with van der Waals surface area (Å²) in [6.45, 7) is 12.4. The van der Waals surface area contributed by atoms with Crippen molar-refractivity contribution < 1.29 is 18.9 Å². The molecule has 1 rings (SSSR count). The van der Waals surface area contributed by atoms with Crippen LogP contribution >= 0.6 is 0 Å². The highest BCUT2D eigenvalue weighted by Gasteiger charge is 2.01. The number of unbranched alkanes of at least 4 members (excludes halogenated alkanes) is 2. The first-order valence-electron chi connectivity index (χ1n) is 10.5. The molecule has 28 heavy (non-hydrogen) atoms. The van der Waals surface area contributed by atoms with Crippen molar-refractivity contribution in [3.05, 3.63) is 47.9 Å². The van der Waals surface area contributed by atoms with Crippen molar-refractivity contribution in [1.29, 1.82) is 0 Å². The van der Waals surface area contributed by atoms with E-state index in [0.717, 1.165) is 61.2 Å². The SMILES string of the molecule is CCCCOC=C(C)c1cccc(C(C)=COCCOCCOCCCC)c1. The van der Waals surface area contributed by atoms with Gasteiger partial charge in [-0.1, -0.05) is 44.9 Å². The molecule has 1 aromatic rings. The molecule has 0 fully saturated rings. The van der Waals surface area contributed by atoms with Crippen molar-refractivity contribution in [2.24, 2.45) is 0 Å². The maximum atomic E-state index is 5.62. The van der Waals surface area contributed by atoms with Gasteiger partial charge in [-0.05, 0) is 55.0 Å². The van der Waals surface area contributed by atoms with E-state index in [2.05, 4.69) is 52.0 Å². The Morgan fingerprint density at radius 2 is 1.21 bits per heavy atom. The number of ether oxygens (including phenoxy) is 4. The molecule has 0 saturated carbocycles. The largest absolute Gasteiger partial charge is 0.501 e. The van der Waals surface area contributed by atoms with E-state index in [-0.39, 0.29) is 0 Å². The minimum Gasteiger partial charge on any atom is -0.501 e. The van der Waals surface area contributed by atoms with Crippen molar-refractivity contribution in [2.45, 2.75) is 53.4 Å². The third kappa shape index (κ3) is 11.2. The summed E-state index contributed by atoms with van der Waals surface area (Å²) in [5, 5.41) is 0. The quantitative estimate of drug-likeness (QED) is 0.253. The molecule has 0 aliphatic carbocycles. The zero-order chi connectivity index (χ0) is 20.5. The number of hydrogen-bond donors (Lipinski definition) is 0. The highest BCUT2D eigenvalue weighted by Crippen LogP contribution is 2.20. The fraction of sp³-hybridized carbons (Fsp3) is 0.583. The minimum atomic E-state index is 0.538. The predicted octanol–water partition coefficient (Wildman–Crippen LogP) is 6.07. The maximum absolute atomic E-state index is 5.62. The number of benzene rings is 1. The lowest BCUT2D eigenvalue weighted by atomic mass is 10.0. The molecular formula is C24H38O4. The van der Waals surface area contributed by atoms with Crippen LogP contribution in [0.5, 0.6) is 0 Å². The summed E-state index contributed by atoms with van der Waals surface area (Å²) in [5.74, 6) is 0. The normalized spacial score (nSPS) is 12.3. The monoisotopic (exact) mass is 390 g/mol. The molecule has 0 aliphatic rings. The lowest BCUT2D eigenvalue weighted by Crippen LogP contribution is -2.08. The molecule has 0 saturated heterocycles. The Bertz CT molecular complexity index is 578. The summed E-state index contributed by atoms with van der Waals surface area (Å²) in [6, 6.07) is 8.42. The molecule has 0 heterocycles. The number of rotatable bonds is 16. The van der Waals surface area contributed by atoms with Crippen molar-refractivity contribution in [2.75, 3.05) is 39.6 Å². The maximum Gasteiger partial charge on any atom is 0.111 e. The van der Waals surface area contributed by atoms with Gasteiger partial charge in [0.15, 0.2) is 0 Å². The van der Waals surface area contributed by atoms with Crippen molar-refractivity contribution in [3.8, 4) is 0 Å². The second-order valence-electron chi connectivity index (χ2n) is 6.86. The van der Waals surface area contributed by atoms with Crippen LogP contribution in [0.25, 0.3) is 11.1 Å². The predicted molar refractivity (Wildman–Crippen MR) is 117 cm³/mol. The second-order valence-corrected chi connectivity index (χ2v) is 6.86. The number of hydrogen-bond acceptors (Lipinski definition) is 4. The fourth-order valence-electron chi connectivity index (χ4n) is 2.42. The van der Waals surface area contributed by atoms with E-state index in [0.29, 0.717) is 26.4 Å². The molecule has 158 valence electrons. The van der Waals surface area contributed by atoms with E-state index < -0.39 is 0 Å². The van der Waals surface area contributed by atoms with Crippen LogP contribution in [0.3, 0.4) is 0 Å². The van der Waals surface area contributed by atoms with Crippen LogP contribution < -0.4 is 0 Å². The van der Waals surface area contributed by atoms with Crippen molar-refractivity contribution in [1.82, 2.24) is 0 Å². The third-order valence-corrected chi connectivity index (χ3v) is 4.27. The van der Waals surface area contributed by atoms with Gasteiger partial charge in [-0.15, -0.1) is 0 Å². The summed E-state index contributed by atoms with van der Waals surface area (Å²) >= 11 is 0. The molecule has 4 nitrogen and oxygen atoms in total.